The second kappa shape index (κ2) is 6.63. The lowest BCUT2D eigenvalue weighted by molar-refractivity contribution is 0.0358. The van der Waals surface area contributed by atoms with Crippen molar-refractivity contribution in [3.8, 4) is 0 Å². The number of aromatic nitrogens is 2. The average Bonchev–Trinajstić information content (AvgIpc) is 3.17. The molecule has 1 fully saturated rings. The zero-order valence-corrected chi connectivity index (χ0v) is 14.4. The van der Waals surface area contributed by atoms with Gasteiger partial charge in [0.15, 0.2) is 17.9 Å². The molecule has 0 atom stereocenters. The molecule has 1 aliphatic rings. The number of allylic oxidation sites excluding steroid dienone is 1. The summed E-state index contributed by atoms with van der Waals surface area (Å²) in [4.78, 5) is 29.1. The standard InChI is InChI=1S/C16H21BN4O3/c1-10(17)8-20-12(9-22)7-19-14(20)13(18)21(11-5-6-11)15(23)24-16(2,3)4/h7-9,11,18H,5-6H2,1-4H3/b10-8+,18-13?. The average molecular weight is 328 g/mol. The normalized spacial score (nSPS) is 15.1. The van der Waals surface area contributed by atoms with Crippen molar-refractivity contribution in [2.24, 2.45) is 0 Å². The zero-order chi connectivity index (χ0) is 18.1. The van der Waals surface area contributed by atoms with Gasteiger partial charge < -0.3 is 4.74 Å². The topological polar surface area (TPSA) is 88.3 Å². The zero-order valence-electron chi connectivity index (χ0n) is 14.4. The van der Waals surface area contributed by atoms with Crippen LogP contribution in [0.25, 0.3) is 6.20 Å². The van der Waals surface area contributed by atoms with Crippen molar-refractivity contribution in [2.75, 3.05) is 0 Å². The number of aldehydes is 1. The van der Waals surface area contributed by atoms with Crippen molar-refractivity contribution in [2.45, 2.75) is 52.2 Å². The Balaban J connectivity index is 2.38. The quantitative estimate of drug-likeness (QED) is 0.398. The summed E-state index contributed by atoms with van der Waals surface area (Å²) in [5, 5.41) is 8.42. The Bertz CT molecular complexity index is 695. The Labute approximate surface area is 142 Å². The van der Waals surface area contributed by atoms with Gasteiger partial charge in [0, 0.05) is 12.2 Å². The molecule has 24 heavy (non-hydrogen) atoms. The monoisotopic (exact) mass is 328 g/mol. The number of ether oxygens (including phenoxy) is 1. The molecule has 0 spiro atoms. The minimum absolute atomic E-state index is 0.0832. The molecule has 7 nitrogen and oxygen atoms in total. The van der Waals surface area contributed by atoms with Gasteiger partial charge in [0.1, 0.15) is 19.1 Å². The van der Waals surface area contributed by atoms with Gasteiger partial charge in [-0.2, -0.15) is 0 Å². The first-order valence-electron chi connectivity index (χ1n) is 7.71. The molecule has 0 aromatic carbocycles. The molecule has 2 radical (unpaired) electrons. The van der Waals surface area contributed by atoms with Crippen molar-refractivity contribution < 1.29 is 14.3 Å². The van der Waals surface area contributed by atoms with E-state index < -0.39 is 11.7 Å². The third-order valence-corrected chi connectivity index (χ3v) is 3.23. The number of amidine groups is 1. The van der Waals surface area contributed by atoms with Crippen LogP contribution < -0.4 is 0 Å². The van der Waals surface area contributed by atoms with E-state index in [0.29, 0.717) is 11.8 Å². The summed E-state index contributed by atoms with van der Waals surface area (Å²) >= 11 is 0. The Morgan fingerprint density at radius 1 is 1.50 bits per heavy atom. The first-order valence-corrected chi connectivity index (χ1v) is 7.71. The number of rotatable bonds is 4. The fraction of sp³-hybridized carbons (Fsp3) is 0.500. The molecule has 1 aromatic heterocycles. The molecule has 1 aromatic rings. The number of hydrogen-bond acceptors (Lipinski definition) is 5. The predicted molar refractivity (Wildman–Crippen MR) is 91.2 cm³/mol. The van der Waals surface area contributed by atoms with Crippen LogP contribution in [0, 0.1) is 5.41 Å². The third-order valence-electron chi connectivity index (χ3n) is 3.23. The molecule has 0 bridgehead atoms. The van der Waals surface area contributed by atoms with Gasteiger partial charge in [-0.3, -0.25) is 19.7 Å². The van der Waals surface area contributed by atoms with Crippen LogP contribution in [0.1, 0.15) is 56.8 Å². The van der Waals surface area contributed by atoms with Crippen LogP contribution in [0.5, 0.6) is 0 Å². The first kappa shape index (κ1) is 18.0. The lowest BCUT2D eigenvalue weighted by Crippen LogP contribution is -2.43. The maximum atomic E-state index is 12.5. The highest BCUT2D eigenvalue weighted by atomic mass is 16.6. The van der Waals surface area contributed by atoms with Gasteiger partial charge in [-0.1, -0.05) is 6.92 Å². The lowest BCUT2D eigenvalue weighted by Gasteiger charge is -2.27. The molecule has 8 heteroatoms. The van der Waals surface area contributed by atoms with Crippen molar-refractivity contribution in [3.05, 3.63) is 23.2 Å². The van der Waals surface area contributed by atoms with E-state index in [9.17, 15) is 9.59 Å². The predicted octanol–water partition coefficient (Wildman–Crippen LogP) is 2.41. The minimum atomic E-state index is -0.665. The van der Waals surface area contributed by atoms with E-state index in [2.05, 4.69) is 4.98 Å². The van der Waals surface area contributed by atoms with Gasteiger partial charge in [0.05, 0.1) is 6.20 Å². The fourth-order valence-corrected chi connectivity index (χ4v) is 2.15. The highest BCUT2D eigenvalue weighted by molar-refractivity contribution is 6.23. The van der Waals surface area contributed by atoms with E-state index >= 15 is 0 Å². The van der Waals surface area contributed by atoms with E-state index in [1.165, 1.54) is 21.9 Å². The molecule has 0 unspecified atom stereocenters. The summed E-state index contributed by atoms with van der Waals surface area (Å²) in [7, 11) is 5.69. The maximum Gasteiger partial charge on any atom is 0.416 e. The molecule has 0 saturated heterocycles. The van der Waals surface area contributed by atoms with Crippen LogP contribution in [0.15, 0.2) is 11.7 Å². The van der Waals surface area contributed by atoms with E-state index in [4.69, 9.17) is 18.0 Å². The summed E-state index contributed by atoms with van der Waals surface area (Å²) in [6.45, 7) is 6.97. The summed E-state index contributed by atoms with van der Waals surface area (Å²) < 4.78 is 6.80. The fourth-order valence-electron chi connectivity index (χ4n) is 2.15. The van der Waals surface area contributed by atoms with Crippen molar-refractivity contribution in [1.82, 2.24) is 14.5 Å². The number of carbonyl (C=O) groups excluding carboxylic acids is 2. The van der Waals surface area contributed by atoms with E-state index in [1.54, 1.807) is 27.7 Å². The van der Waals surface area contributed by atoms with Gasteiger partial charge in [-0.05, 0) is 33.6 Å². The summed E-state index contributed by atoms with van der Waals surface area (Å²) in [6.07, 6.45) is 4.48. The second-order valence-electron chi connectivity index (χ2n) is 6.80. The highest BCUT2D eigenvalue weighted by Gasteiger charge is 2.39. The van der Waals surface area contributed by atoms with Gasteiger partial charge in [0.2, 0.25) is 0 Å². The molecule has 2 rings (SSSR count). The highest BCUT2D eigenvalue weighted by Crippen LogP contribution is 2.30. The molecular formula is C16H21BN4O3. The van der Waals surface area contributed by atoms with Crippen LogP contribution in [0.4, 0.5) is 4.79 Å². The van der Waals surface area contributed by atoms with E-state index in [-0.39, 0.29) is 23.4 Å². The molecule has 0 aliphatic heterocycles. The van der Waals surface area contributed by atoms with Crippen molar-refractivity contribution in [3.63, 3.8) is 0 Å². The van der Waals surface area contributed by atoms with Crippen molar-refractivity contribution in [1.29, 1.82) is 5.41 Å². The minimum Gasteiger partial charge on any atom is -0.443 e. The second-order valence-corrected chi connectivity index (χ2v) is 6.80. The molecule has 1 N–H and O–H groups in total. The number of carbonyl (C=O) groups is 2. The maximum absolute atomic E-state index is 12.5. The molecule has 1 amide bonds. The molecule has 1 aliphatic carbocycles. The van der Waals surface area contributed by atoms with Crippen LogP contribution in [0.3, 0.4) is 0 Å². The smallest absolute Gasteiger partial charge is 0.416 e. The van der Waals surface area contributed by atoms with Gasteiger partial charge in [-0.15, -0.1) is 5.47 Å². The van der Waals surface area contributed by atoms with Gasteiger partial charge in [-0.25, -0.2) is 9.78 Å². The van der Waals surface area contributed by atoms with Crippen LogP contribution in [-0.2, 0) is 4.74 Å². The largest absolute Gasteiger partial charge is 0.443 e. The summed E-state index contributed by atoms with van der Waals surface area (Å²) in [6, 6.07) is -0.0832. The van der Waals surface area contributed by atoms with Gasteiger partial charge in [0.25, 0.3) is 0 Å². The lowest BCUT2D eigenvalue weighted by atomic mass is 10.00. The first-order chi connectivity index (χ1) is 11.1. The molecular weight excluding hydrogens is 307 g/mol. The Morgan fingerprint density at radius 3 is 2.58 bits per heavy atom. The van der Waals surface area contributed by atoms with E-state index in [0.717, 1.165) is 12.8 Å². The Kier molecular flexibility index (Phi) is 4.96. The molecule has 126 valence electrons. The number of nitrogens with zero attached hydrogens (tertiary/aromatic N) is 3. The Morgan fingerprint density at radius 2 is 2.12 bits per heavy atom. The molecule has 1 heterocycles. The van der Waals surface area contributed by atoms with Crippen LogP contribution >= 0.6 is 0 Å². The SMILES string of the molecule is [B]/C(C)=C/n1c(C=O)cnc1C(=N)N(C(=O)OC(C)(C)C)C1CC1. The number of nitrogens with one attached hydrogen (secondary N) is 1. The third kappa shape index (κ3) is 4.12. The van der Waals surface area contributed by atoms with E-state index in [1.807, 2.05) is 0 Å². The Hall–Kier alpha value is -2.38. The number of amides is 1. The summed E-state index contributed by atoms with van der Waals surface area (Å²) in [5.74, 6) is 0.0528. The van der Waals surface area contributed by atoms with Crippen molar-refractivity contribution >= 4 is 32.3 Å². The number of hydrogen-bond donors (Lipinski definition) is 1. The van der Waals surface area contributed by atoms with Gasteiger partial charge >= 0.3 is 6.09 Å². The summed E-state index contributed by atoms with van der Waals surface area (Å²) in [5.41, 5.74) is 0.0293. The molecule has 1 saturated carbocycles. The van der Waals surface area contributed by atoms with Crippen LogP contribution in [0.2, 0.25) is 0 Å². The van der Waals surface area contributed by atoms with Crippen LogP contribution in [-0.4, -0.2) is 52.2 Å². The number of imidazole rings is 1.